The summed E-state index contributed by atoms with van der Waals surface area (Å²) in [5.74, 6) is 0.889. The second-order valence-corrected chi connectivity index (χ2v) is 8.13. The van der Waals surface area contributed by atoms with Crippen molar-refractivity contribution in [2.24, 2.45) is 22.2 Å². The Bertz CT molecular complexity index is 229. The van der Waals surface area contributed by atoms with Crippen molar-refractivity contribution in [1.29, 1.82) is 0 Å². The van der Waals surface area contributed by atoms with Crippen LogP contribution in [0.2, 0.25) is 0 Å². The Kier molecular flexibility index (Phi) is 2.92. The Morgan fingerprint density at radius 3 is 1.62 bits per heavy atom. The summed E-state index contributed by atoms with van der Waals surface area (Å²) in [7, 11) is 0. The van der Waals surface area contributed by atoms with Gasteiger partial charge in [-0.05, 0) is 67.1 Å². The molecule has 0 N–H and O–H groups in total. The molecular weight excluding hydrogens is 192 g/mol. The second kappa shape index (κ2) is 3.75. The van der Waals surface area contributed by atoms with Crippen molar-refractivity contribution in [1.82, 2.24) is 0 Å². The SMILES string of the molecule is CC(C)CC12CCC(C(C)(C)C)(CC1)CC2. The van der Waals surface area contributed by atoms with Gasteiger partial charge in [-0.3, -0.25) is 0 Å². The second-order valence-electron chi connectivity index (χ2n) is 8.13. The van der Waals surface area contributed by atoms with Gasteiger partial charge in [0, 0.05) is 0 Å². The number of rotatable bonds is 2. The molecule has 0 spiro atoms. The molecule has 3 rings (SSSR count). The lowest BCUT2D eigenvalue weighted by atomic mass is 9.46. The molecule has 3 saturated carbocycles. The van der Waals surface area contributed by atoms with Crippen LogP contribution in [0.1, 0.15) is 79.6 Å². The molecule has 0 atom stereocenters. The van der Waals surface area contributed by atoms with E-state index in [0.29, 0.717) is 10.8 Å². The highest BCUT2D eigenvalue weighted by atomic mass is 14.6. The van der Waals surface area contributed by atoms with Gasteiger partial charge in [-0.25, -0.2) is 0 Å². The van der Waals surface area contributed by atoms with Crippen LogP contribution in [-0.2, 0) is 0 Å². The maximum atomic E-state index is 2.47. The predicted molar refractivity (Wildman–Crippen MR) is 71.5 cm³/mol. The molecule has 0 aromatic rings. The van der Waals surface area contributed by atoms with Gasteiger partial charge in [0.2, 0.25) is 0 Å². The zero-order chi connectivity index (χ0) is 12.0. The normalized spacial score (nSPS) is 39.4. The Morgan fingerprint density at radius 1 is 0.875 bits per heavy atom. The lowest BCUT2D eigenvalue weighted by Gasteiger charge is -2.59. The zero-order valence-corrected chi connectivity index (χ0v) is 12.0. The lowest BCUT2D eigenvalue weighted by molar-refractivity contribution is -0.0837. The summed E-state index contributed by atoms with van der Waals surface area (Å²) in [5, 5.41) is 0. The molecule has 0 aliphatic heterocycles. The third-order valence-electron chi connectivity index (χ3n) is 5.83. The van der Waals surface area contributed by atoms with Gasteiger partial charge in [0.15, 0.2) is 0 Å². The minimum atomic E-state index is 0.525. The smallest absolute Gasteiger partial charge is 0.0248 e. The summed E-state index contributed by atoms with van der Waals surface area (Å²) in [4.78, 5) is 0. The van der Waals surface area contributed by atoms with Crippen LogP contribution in [0.4, 0.5) is 0 Å². The van der Waals surface area contributed by atoms with E-state index >= 15 is 0 Å². The Labute approximate surface area is 102 Å². The van der Waals surface area contributed by atoms with E-state index in [1.807, 2.05) is 0 Å². The van der Waals surface area contributed by atoms with Crippen LogP contribution >= 0.6 is 0 Å². The van der Waals surface area contributed by atoms with Crippen LogP contribution in [0.3, 0.4) is 0 Å². The molecule has 94 valence electrons. The highest BCUT2D eigenvalue weighted by Gasteiger charge is 2.52. The van der Waals surface area contributed by atoms with Gasteiger partial charge in [0.25, 0.3) is 0 Å². The van der Waals surface area contributed by atoms with E-state index in [2.05, 4.69) is 34.6 Å². The van der Waals surface area contributed by atoms with Crippen molar-refractivity contribution in [3.8, 4) is 0 Å². The first kappa shape index (κ1) is 12.5. The maximum absolute atomic E-state index is 2.47. The van der Waals surface area contributed by atoms with Crippen LogP contribution in [0.15, 0.2) is 0 Å². The minimum Gasteiger partial charge on any atom is -0.0628 e. The number of hydrogen-bond acceptors (Lipinski definition) is 0. The third kappa shape index (κ3) is 1.93. The van der Waals surface area contributed by atoms with Crippen molar-refractivity contribution >= 4 is 0 Å². The first-order chi connectivity index (χ1) is 7.29. The summed E-state index contributed by atoms with van der Waals surface area (Å²) >= 11 is 0. The van der Waals surface area contributed by atoms with Crippen molar-refractivity contribution in [3.63, 3.8) is 0 Å². The van der Waals surface area contributed by atoms with E-state index < -0.39 is 0 Å². The monoisotopic (exact) mass is 222 g/mol. The topological polar surface area (TPSA) is 0 Å². The quantitative estimate of drug-likeness (QED) is 0.585. The fraction of sp³-hybridized carbons (Fsp3) is 1.00. The van der Waals surface area contributed by atoms with Gasteiger partial charge in [-0.2, -0.15) is 0 Å². The van der Waals surface area contributed by atoms with Crippen LogP contribution in [0.5, 0.6) is 0 Å². The summed E-state index contributed by atoms with van der Waals surface area (Å²) in [5.41, 5.74) is 1.96. The molecule has 0 nitrogen and oxygen atoms in total. The summed E-state index contributed by atoms with van der Waals surface area (Å²) < 4.78 is 0. The van der Waals surface area contributed by atoms with Crippen LogP contribution in [-0.4, -0.2) is 0 Å². The molecule has 0 heteroatoms. The lowest BCUT2D eigenvalue weighted by Crippen LogP contribution is -2.48. The molecule has 0 unspecified atom stereocenters. The Morgan fingerprint density at radius 2 is 1.31 bits per heavy atom. The van der Waals surface area contributed by atoms with Crippen molar-refractivity contribution in [3.05, 3.63) is 0 Å². The van der Waals surface area contributed by atoms with E-state index in [0.717, 1.165) is 11.3 Å². The van der Waals surface area contributed by atoms with E-state index in [-0.39, 0.29) is 0 Å². The number of fused-ring (bicyclic) bond motifs is 3. The molecule has 0 radical (unpaired) electrons. The van der Waals surface area contributed by atoms with Gasteiger partial charge in [0.05, 0.1) is 0 Å². The molecule has 16 heavy (non-hydrogen) atoms. The van der Waals surface area contributed by atoms with Gasteiger partial charge >= 0.3 is 0 Å². The standard InChI is InChI=1S/C16H30/c1-13(2)12-15-6-9-16(10-7-15,11-8-15)14(3,4)5/h13H,6-12H2,1-5H3. The molecule has 0 heterocycles. The van der Waals surface area contributed by atoms with E-state index in [9.17, 15) is 0 Å². The molecule has 3 aliphatic carbocycles. The molecule has 0 aromatic heterocycles. The Balaban J connectivity index is 2.09. The average Bonchev–Trinajstić information content (AvgIpc) is 2.17. The molecule has 0 saturated heterocycles. The number of hydrogen-bond donors (Lipinski definition) is 0. The van der Waals surface area contributed by atoms with E-state index in [1.54, 1.807) is 0 Å². The van der Waals surface area contributed by atoms with Crippen molar-refractivity contribution in [2.75, 3.05) is 0 Å². The fourth-order valence-electron chi connectivity index (χ4n) is 4.56. The highest BCUT2D eigenvalue weighted by Crippen LogP contribution is 2.64. The van der Waals surface area contributed by atoms with Crippen molar-refractivity contribution < 1.29 is 0 Å². The van der Waals surface area contributed by atoms with E-state index in [4.69, 9.17) is 0 Å². The predicted octanol–water partition coefficient (Wildman–Crippen LogP) is 5.42. The molecule has 0 amide bonds. The molecule has 3 aliphatic rings. The third-order valence-corrected chi connectivity index (χ3v) is 5.83. The van der Waals surface area contributed by atoms with Crippen LogP contribution in [0.25, 0.3) is 0 Å². The largest absolute Gasteiger partial charge is 0.0628 e. The summed E-state index contributed by atoms with van der Waals surface area (Å²) in [6.45, 7) is 12.2. The highest BCUT2D eigenvalue weighted by molar-refractivity contribution is 5.03. The zero-order valence-electron chi connectivity index (χ0n) is 12.0. The molecule has 0 aromatic carbocycles. The molecular formula is C16H30. The van der Waals surface area contributed by atoms with Gasteiger partial charge in [-0.1, -0.05) is 34.6 Å². The fourth-order valence-corrected chi connectivity index (χ4v) is 4.56. The summed E-state index contributed by atoms with van der Waals surface area (Å²) in [6, 6.07) is 0. The first-order valence-electron chi connectivity index (χ1n) is 7.29. The van der Waals surface area contributed by atoms with Gasteiger partial charge in [-0.15, -0.1) is 0 Å². The van der Waals surface area contributed by atoms with E-state index in [1.165, 1.54) is 44.9 Å². The maximum Gasteiger partial charge on any atom is -0.0248 e. The first-order valence-corrected chi connectivity index (χ1v) is 7.29. The molecule has 3 fully saturated rings. The average molecular weight is 222 g/mol. The summed E-state index contributed by atoms with van der Waals surface area (Å²) in [6.07, 6.45) is 10.5. The Hall–Kier alpha value is 0. The minimum absolute atomic E-state index is 0.525. The van der Waals surface area contributed by atoms with Crippen LogP contribution in [0, 0.1) is 22.2 Å². The van der Waals surface area contributed by atoms with Crippen LogP contribution < -0.4 is 0 Å². The molecule has 2 bridgehead atoms. The van der Waals surface area contributed by atoms with Gasteiger partial charge in [0.1, 0.15) is 0 Å². The van der Waals surface area contributed by atoms with Gasteiger partial charge < -0.3 is 0 Å². The van der Waals surface area contributed by atoms with Crippen molar-refractivity contribution in [2.45, 2.75) is 79.6 Å².